The second kappa shape index (κ2) is 9.37. The van der Waals surface area contributed by atoms with Crippen LogP contribution in [0.4, 0.5) is 9.18 Å². The molecule has 0 bridgehead atoms. The Bertz CT molecular complexity index is 1230. The summed E-state index contributed by atoms with van der Waals surface area (Å²) in [5.41, 5.74) is 1.58. The number of ether oxygens (including phenoxy) is 1. The number of aryl methyl sites for hydroxylation is 1. The van der Waals surface area contributed by atoms with Crippen LogP contribution in [0.5, 0.6) is 0 Å². The Kier molecular flexibility index (Phi) is 6.26. The van der Waals surface area contributed by atoms with Crippen molar-refractivity contribution in [1.29, 1.82) is 0 Å². The Labute approximate surface area is 205 Å². The Morgan fingerprint density at radius 2 is 2.11 bits per heavy atom. The van der Waals surface area contributed by atoms with Gasteiger partial charge in [0.25, 0.3) is 5.91 Å². The van der Waals surface area contributed by atoms with Gasteiger partial charge in [-0.25, -0.2) is 14.2 Å². The molecule has 1 aromatic carbocycles. The van der Waals surface area contributed by atoms with Crippen LogP contribution in [0.3, 0.4) is 0 Å². The number of alkyl carbamates (subject to hydrolysis) is 1. The zero-order chi connectivity index (χ0) is 24.7. The van der Waals surface area contributed by atoms with Crippen molar-refractivity contribution in [2.45, 2.75) is 70.7 Å². The topological polar surface area (TPSA) is 118 Å². The molecule has 2 N–H and O–H groups in total. The monoisotopic (exact) mass is 500 g/mol. The summed E-state index contributed by atoms with van der Waals surface area (Å²) in [6.07, 6.45) is 2.81. The normalized spacial score (nSPS) is 21.4. The second-order valence-corrected chi connectivity index (χ2v) is 10.2. The van der Waals surface area contributed by atoms with Gasteiger partial charge in [0, 0.05) is 30.0 Å². The van der Waals surface area contributed by atoms with E-state index in [0.717, 1.165) is 30.0 Å². The van der Waals surface area contributed by atoms with Crippen LogP contribution < -0.4 is 10.6 Å². The van der Waals surface area contributed by atoms with Gasteiger partial charge in [0.15, 0.2) is 0 Å². The Hall–Kier alpha value is -3.34. The van der Waals surface area contributed by atoms with Crippen molar-refractivity contribution in [3.63, 3.8) is 0 Å². The summed E-state index contributed by atoms with van der Waals surface area (Å²) in [7, 11) is 0. The molecule has 1 unspecified atom stereocenters. The highest BCUT2D eigenvalue weighted by Crippen LogP contribution is 2.35. The second-order valence-electron chi connectivity index (χ2n) is 9.11. The van der Waals surface area contributed by atoms with Crippen LogP contribution in [0.15, 0.2) is 12.1 Å². The fraction of sp³-hybridized carbons (Fsp3) is 0.458. The smallest absolute Gasteiger partial charge is 0.407 e. The highest BCUT2D eigenvalue weighted by molar-refractivity contribution is 7.11. The van der Waals surface area contributed by atoms with Gasteiger partial charge >= 0.3 is 6.09 Å². The third-order valence-electron chi connectivity index (χ3n) is 6.73. The van der Waals surface area contributed by atoms with Gasteiger partial charge in [0.05, 0.1) is 11.3 Å². The van der Waals surface area contributed by atoms with Crippen molar-refractivity contribution in [3.05, 3.63) is 50.2 Å². The van der Waals surface area contributed by atoms with E-state index in [-0.39, 0.29) is 49.6 Å². The molecule has 2 aromatic rings. The van der Waals surface area contributed by atoms with Crippen molar-refractivity contribution in [2.75, 3.05) is 0 Å². The molecule has 184 valence electrons. The number of halogens is 1. The van der Waals surface area contributed by atoms with Crippen LogP contribution in [0.2, 0.25) is 0 Å². The molecule has 2 aliphatic heterocycles. The van der Waals surface area contributed by atoms with Gasteiger partial charge < -0.3 is 15.0 Å². The lowest BCUT2D eigenvalue weighted by Crippen LogP contribution is -2.52. The maximum atomic E-state index is 15.2. The molecule has 0 spiro atoms. The first-order chi connectivity index (χ1) is 16.8. The van der Waals surface area contributed by atoms with Gasteiger partial charge in [0.2, 0.25) is 11.8 Å². The number of amides is 4. The van der Waals surface area contributed by atoms with Gasteiger partial charge in [-0.3, -0.25) is 19.7 Å². The zero-order valence-electron chi connectivity index (χ0n) is 19.2. The number of carbonyl (C=O) groups is 4. The maximum Gasteiger partial charge on any atom is 0.407 e. The lowest BCUT2D eigenvalue weighted by Gasteiger charge is -2.29. The van der Waals surface area contributed by atoms with Crippen LogP contribution in [0.25, 0.3) is 0 Å². The molecule has 11 heteroatoms. The fourth-order valence-electron chi connectivity index (χ4n) is 4.88. The number of imide groups is 1. The molecule has 3 heterocycles. The number of carbonyl (C=O) groups excluding carboxylic acids is 4. The number of hydrogen-bond acceptors (Lipinski definition) is 7. The van der Waals surface area contributed by atoms with E-state index in [1.165, 1.54) is 15.8 Å². The largest absolute Gasteiger partial charge is 0.442 e. The number of nitrogens with one attached hydrogen (secondary N) is 2. The first-order valence-corrected chi connectivity index (χ1v) is 12.5. The van der Waals surface area contributed by atoms with E-state index in [4.69, 9.17) is 4.74 Å². The molecule has 9 nitrogen and oxygen atoms in total. The van der Waals surface area contributed by atoms with Crippen molar-refractivity contribution in [2.24, 2.45) is 0 Å². The van der Waals surface area contributed by atoms with E-state index in [9.17, 15) is 19.2 Å². The van der Waals surface area contributed by atoms with Crippen molar-refractivity contribution < 1.29 is 28.3 Å². The fourth-order valence-corrected chi connectivity index (χ4v) is 5.99. The number of hydrogen-bond donors (Lipinski definition) is 2. The van der Waals surface area contributed by atoms with E-state index in [1.807, 2.05) is 0 Å². The van der Waals surface area contributed by atoms with Crippen molar-refractivity contribution in [1.82, 2.24) is 20.5 Å². The molecule has 5 rings (SSSR count). The number of piperidine rings is 1. The molecule has 1 fully saturated rings. The number of fused-ring (bicyclic) bond motifs is 2. The van der Waals surface area contributed by atoms with E-state index in [1.54, 1.807) is 17.4 Å². The van der Waals surface area contributed by atoms with E-state index in [2.05, 4.69) is 22.5 Å². The Morgan fingerprint density at radius 3 is 2.89 bits per heavy atom. The number of thiazole rings is 1. The molecule has 35 heavy (non-hydrogen) atoms. The average molecular weight is 501 g/mol. The molecule has 0 radical (unpaired) electrons. The summed E-state index contributed by atoms with van der Waals surface area (Å²) >= 11 is 1.56. The number of rotatable bonds is 5. The lowest BCUT2D eigenvalue weighted by atomic mass is 9.94. The molecule has 1 saturated heterocycles. The highest BCUT2D eigenvalue weighted by atomic mass is 32.1. The number of benzene rings is 1. The predicted octanol–water partition coefficient (Wildman–Crippen LogP) is 2.91. The molecular formula is C24H25FN4O5S. The van der Waals surface area contributed by atoms with Crippen LogP contribution >= 0.6 is 11.3 Å². The molecular weight excluding hydrogens is 475 g/mol. The highest BCUT2D eigenvalue weighted by Gasteiger charge is 2.40. The van der Waals surface area contributed by atoms with Gasteiger partial charge in [0.1, 0.15) is 23.5 Å². The standard InChI is InChI=1S/C24H25FN4O5S/c1-12-3-2-4-15-21(12)35-18(27-15)11-34-24(33)26-9-13-5-6-14-10-29(23(32)19(14)20(13)25)16-7-8-17(30)28-22(16)31/h5-6,12,16H,2-4,7-11H2,1H3,(H,26,33)(H,28,30,31)/t12-,16?/m0/s1. The minimum absolute atomic E-state index is 0.0439. The minimum atomic E-state index is -0.817. The van der Waals surface area contributed by atoms with Crippen molar-refractivity contribution in [3.8, 4) is 0 Å². The molecule has 0 saturated carbocycles. The van der Waals surface area contributed by atoms with Gasteiger partial charge in [-0.15, -0.1) is 11.3 Å². The van der Waals surface area contributed by atoms with Crippen LogP contribution in [0.1, 0.15) is 75.6 Å². The average Bonchev–Trinajstić information content (AvgIpc) is 3.39. The summed E-state index contributed by atoms with van der Waals surface area (Å²) in [5, 5.41) is 5.48. The predicted molar refractivity (Wildman–Crippen MR) is 123 cm³/mol. The zero-order valence-corrected chi connectivity index (χ0v) is 20.0. The lowest BCUT2D eigenvalue weighted by molar-refractivity contribution is -0.136. The Morgan fingerprint density at radius 1 is 1.29 bits per heavy atom. The molecule has 1 aliphatic carbocycles. The molecule has 4 amide bonds. The Balaban J connectivity index is 1.19. The molecule has 1 aromatic heterocycles. The summed E-state index contributed by atoms with van der Waals surface area (Å²) < 4.78 is 20.5. The van der Waals surface area contributed by atoms with Crippen molar-refractivity contribution >= 4 is 35.2 Å². The molecule has 3 aliphatic rings. The third kappa shape index (κ3) is 4.52. The van der Waals surface area contributed by atoms with Crippen LogP contribution in [-0.4, -0.2) is 39.7 Å². The molecule has 2 atom stereocenters. The van der Waals surface area contributed by atoms with Gasteiger partial charge in [-0.1, -0.05) is 19.1 Å². The summed E-state index contributed by atoms with van der Waals surface area (Å²) in [4.78, 5) is 55.8. The summed E-state index contributed by atoms with van der Waals surface area (Å²) in [5.74, 6) is -1.80. The number of aromatic nitrogens is 1. The SMILES string of the molecule is C[C@H]1CCCc2nc(COC(=O)NCc3ccc4c(c3F)C(=O)N(C3CCC(=O)NC3=O)C4)sc21. The van der Waals surface area contributed by atoms with E-state index < -0.39 is 29.8 Å². The van der Waals surface area contributed by atoms with E-state index >= 15 is 4.39 Å². The first-order valence-electron chi connectivity index (χ1n) is 11.7. The minimum Gasteiger partial charge on any atom is -0.442 e. The number of nitrogens with zero attached hydrogens (tertiary/aromatic N) is 2. The summed E-state index contributed by atoms with van der Waals surface area (Å²) in [6, 6.07) is 2.31. The maximum absolute atomic E-state index is 15.2. The van der Waals surface area contributed by atoms with Gasteiger partial charge in [-0.2, -0.15) is 0 Å². The third-order valence-corrected chi connectivity index (χ3v) is 8.03. The van der Waals surface area contributed by atoms with E-state index in [0.29, 0.717) is 11.5 Å². The summed E-state index contributed by atoms with van der Waals surface area (Å²) in [6.45, 7) is 2.15. The van der Waals surface area contributed by atoms with Crippen LogP contribution in [0, 0.1) is 5.82 Å². The first kappa shape index (κ1) is 23.4. The quantitative estimate of drug-likeness (QED) is 0.610. The van der Waals surface area contributed by atoms with Crippen LogP contribution in [-0.2, 0) is 40.4 Å². The van der Waals surface area contributed by atoms with Gasteiger partial charge in [-0.05, 0) is 37.2 Å².